The van der Waals surface area contributed by atoms with E-state index in [1.165, 1.54) is 0 Å². The van der Waals surface area contributed by atoms with Gasteiger partial charge in [-0.05, 0) is 48.6 Å². The lowest BCUT2D eigenvalue weighted by Crippen LogP contribution is -2.20. The van der Waals surface area contributed by atoms with Crippen molar-refractivity contribution in [3.05, 3.63) is 64.4 Å². The summed E-state index contributed by atoms with van der Waals surface area (Å²) in [4.78, 5) is 4.19. The van der Waals surface area contributed by atoms with Gasteiger partial charge >= 0.3 is 0 Å². The van der Waals surface area contributed by atoms with Crippen LogP contribution in [-0.4, -0.2) is 27.0 Å². The molecule has 9 heteroatoms. The molecule has 1 aromatic heterocycles. The number of anilines is 2. The molecule has 3 rings (SSSR count). The number of aromatic nitrogens is 3. The van der Waals surface area contributed by atoms with Crippen molar-refractivity contribution in [1.29, 1.82) is 0 Å². The molecule has 0 spiro atoms. The highest BCUT2D eigenvalue weighted by atomic mass is 35.5. The Kier molecular flexibility index (Phi) is 5.92. The van der Waals surface area contributed by atoms with E-state index in [1.807, 2.05) is 24.3 Å². The lowest BCUT2D eigenvalue weighted by atomic mass is 10.2. The van der Waals surface area contributed by atoms with Crippen LogP contribution < -0.4 is 15.4 Å². The van der Waals surface area contributed by atoms with Gasteiger partial charge in [0.1, 0.15) is 12.1 Å². The normalized spacial score (nSPS) is 10.4. The number of rotatable bonds is 5. The molecular weight excluding hydrogens is 393 g/mol. The van der Waals surface area contributed by atoms with Crippen molar-refractivity contribution >= 4 is 52.2 Å². The zero-order valence-electron chi connectivity index (χ0n) is 13.7. The Labute approximate surface area is 166 Å². The second-order valence-corrected chi connectivity index (χ2v) is 6.50. The summed E-state index contributed by atoms with van der Waals surface area (Å²) in [5, 5.41) is 11.9. The zero-order chi connectivity index (χ0) is 18.5. The van der Waals surface area contributed by atoms with Gasteiger partial charge in [0.15, 0.2) is 5.11 Å². The lowest BCUT2D eigenvalue weighted by Gasteiger charge is -2.09. The number of benzene rings is 2. The molecule has 0 radical (unpaired) electrons. The van der Waals surface area contributed by atoms with E-state index in [1.54, 1.807) is 36.3 Å². The molecule has 0 amide bonds. The van der Waals surface area contributed by atoms with Gasteiger partial charge in [-0.3, -0.25) is 5.32 Å². The summed E-state index contributed by atoms with van der Waals surface area (Å²) in [6.07, 6.45) is 1.58. The number of ether oxygens (including phenoxy) is 1. The van der Waals surface area contributed by atoms with E-state index >= 15 is 0 Å². The van der Waals surface area contributed by atoms with E-state index in [0.29, 0.717) is 27.7 Å². The molecule has 3 aromatic rings. The molecule has 26 heavy (non-hydrogen) atoms. The van der Waals surface area contributed by atoms with E-state index in [2.05, 4.69) is 20.7 Å². The highest BCUT2D eigenvalue weighted by Crippen LogP contribution is 2.25. The Bertz CT molecular complexity index is 894. The molecule has 0 atom stereocenters. The van der Waals surface area contributed by atoms with Crippen molar-refractivity contribution in [2.45, 2.75) is 6.54 Å². The highest BCUT2D eigenvalue weighted by molar-refractivity contribution is 7.80. The Balaban J connectivity index is 1.61. The summed E-state index contributed by atoms with van der Waals surface area (Å²) in [5.41, 5.74) is 1.61. The van der Waals surface area contributed by atoms with Gasteiger partial charge in [-0.2, -0.15) is 0 Å². The van der Waals surface area contributed by atoms with E-state index in [0.717, 1.165) is 17.0 Å². The molecule has 0 aliphatic heterocycles. The van der Waals surface area contributed by atoms with Gasteiger partial charge in [0, 0.05) is 21.3 Å². The maximum absolute atomic E-state index is 6.18. The van der Waals surface area contributed by atoms with Crippen LogP contribution in [0.3, 0.4) is 0 Å². The Morgan fingerprint density at radius 3 is 2.46 bits per heavy atom. The Hall–Kier alpha value is -2.35. The molecule has 0 aliphatic rings. The minimum absolute atomic E-state index is 0.374. The second-order valence-electron chi connectivity index (χ2n) is 5.27. The third-order valence-corrected chi connectivity index (χ3v) is 4.40. The molecule has 1 heterocycles. The maximum atomic E-state index is 6.18. The third kappa shape index (κ3) is 4.63. The van der Waals surface area contributed by atoms with Gasteiger partial charge in [-0.25, -0.2) is 9.67 Å². The van der Waals surface area contributed by atoms with Gasteiger partial charge in [0.2, 0.25) is 5.95 Å². The van der Waals surface area contributed by atoms with Gasteiger partial charge in [0.25, 0.3) is 0 Å². The molecule has 0 aliphatic carbocycles. The molecular formula is C17H15Cl2N5OS. The van der Waals surface area contributed by atoms with Crippen LogP contribution in [0.5, 0.6) is 5.75 Å². The average molecular weight is 408 g/mol. The summed E-state index contributed by atoms with van der Waals surface area (Å²) in [6, 6.07) is 12.8. The van der Waals surface area contributed by atoms with Crippen molar-refractivity contribution in [3.8, 4) is 5.75 Å². The van der Waals surface area contributed by atoms with Gasteiger partial charge in [-0.15, -0.1) is 5.10 Å². The van der Waals surface area contributed by atoms with Crippen LogP contribution in [0.25, 0.3) is 0 Å². The minimum atomic E-state index is 0.374. The predicted octanol–water partition coefficient (Wildman–Crippen LogP) is 4.45. The first-order valence-corrected chi connectivity index (χ1v) is 8.76. The number of halogens is 2. The number of nitrogens with zero attached hydrogens (tertiary/aromatic N) is 3. The van der Waals surface area contributed by atoms with Crippen LogP contribution in [0.4, 0.5) is 11.6 Å². The van der Waals surface area contributed by atoms with Gasteiger partial charge in [-0.1, -0.05) is 29.3 Å². The first-order chi connectivity index (χ1) is 12.5. The minimum Gasteiger partial charge on any atom is -0.497 e. The molecule has 6 nitrogen and oxygen atoms in total. The standard InChI is InChI=1S/C17H15Cl2N5OS/c1-25-12-7-5-11(6-8-12)21-17(26)22-16-20-10-24(23-16)9-13-14(18)3-2-4-15(13)19/h2-8,10H,9H2,1H3,(H2,21,22,23,26). The third-order valence-electron chi connectivity index (χ3n) is 3.49. The molecule has 0 unspecified atom stereocenters. The van der Waals surface area contributed by atoms with Crippen molar-refractivity contribution in [1.82, 2.24) is 14.8 Å². The largest absolute Gasteiger partial charge is 0.497 e. The van der Waals surface area contributed by atoms with E-state index in [4.69, 9.17) is 40.2 Å². The fraction of sp³-hybridized carbons (Fsp3) is 0.118. The number of hydrogen-bond acceptors (Lipinski definition) is 4. The van der Waals surface area contributed by atoms with Crippen LogP contribution in [0.2, 0.25) is 10.0 Å². The zero-order valence-corrected chi connectivity index (χ0v) is 16.1. The van der Waals surface area contributed by atoms with E-state index in [9.17, 15) is 0 Å². The fourth-order valence-electron chi connectivity index (χ4n) is 2.21. The van der Waals surface area contributed by atoms with Crippen molar-refractivity contribution in [2.75, 3.05) is 17.7 Å². The summed E-state index contributed by atoms with van der Waals surface area (Å²) in [7, 11) is 1.62. The maximum Gasteiger partial charge on any atom is 0.248 e. The number of thiocarbonyl (C=S) groups is 1. The highest BCUT2D eigenvalue weighted by Gasteiger charge is 2.09. The Morgan fingerprint density at radius 2 is 1.81 bits per heavy atom. The molecule has 2 N–H and O–H groups in total. The van der Waals surface area contributed by atoms with E-state index < -0.39 is 0 Å². The second kappa shape index (κ2) is 8.35. The quantitative estimate of drug-likeness (QED) is 0.609. The molecule has 134 valence electrons. The van der Waals surface area contributed by atoms with Gasteiger partial charge in [0.05, 0.1) is 13.7 Å². The average Bonchev–Trinajstić information content (AvgIpc) is 3.06. The van der Waals surface area contributed by atoms with Crippen LogP contribution in [0.1, 0.15) is 5.56 Å². The molecule has 2 aromatic carbocycles. The molecule has 0 fully saturated rings. The van der Waals surface area contributed by atoms with Crippen molar-refractivity contribution in [2.24, 2.45) is 0 Å². The summed E-state index contributed by atoms with van der Waals surface area (Å²) in [6.45, 7) is 0.409. The summed E-state index contributed by atoms with van der Waals surface area (Å²) >= 11 is 17.6. The topological polar surface area (TPSA) is 64.0 Å². The Morgan fingerprint density at radius 1 is 1.12 bits per heavy atom. The monoisotopic (exact) mass is 407 g/mol. The number of nitrogens with one attached hydrogen (secondary N) is 2. The smallest absolute Gasteiger partial charge is 0.248 e. The van der Waals surface area contributed by atoms with Crippen LogP contribution >= 0.6 is 35.4 Å². The van der Waals surface area contributed by atoms with Crippen LogP contribution in [0, 0.1) is 0 Å². The predicted molar refractivity (Wildman–Crippen MR) is 108 cm³/mol. The van der Waals surface area contributed by atoms with Crippen molar-refractivity contribution < 1.29 is 4.74 Å². The SMILES string of the molecule is COc1ccc(NC(=S)Nc2ncn(Cc3c(Cl)cccc3Cl)n2)cc1. The molecule has 0 bridgehead atoms. The molecule has 0 saturated heterocycles. The lowest BCUT2D eigenvalue weighted by molar-refractivity contribution is 0.415. The van der Waals surface area contributed by atoms with Crippen molar-refractivity contribution in [3.63, 3.8) is 0 Å². The first-order valence-electron chi connectivity index (χ1n) is 7.59. The summed E-state index contributed by atoms with van der Waals surface area (Å²) in [5.74, 6) is 1.15. The number of methoxy groups -OCH3 is 1. The first kappa shape index (κ1) is 18.4. The van der Waals surface area contributed by atoms with Crippen LogP contribution in [-0.2, 0) is 6.54 Å². The number of hydrogen-bond donors (Lipinski definition) is 2. The van der Waals surface area contributed by atoms with Crippen LogP contribution in [0.15, 0.2) is 48.8 Å². The van der Waals surface area contributed by atoms with Gasteiger partial charge < -0.3 is 10.1 Å². The molecule has 0 saturated carbocycles. The van der Waals surface area contributed by atoms with E-state index in [-0.39, 0.29) is 0 Å². The summed E-state index contributed by atoms with van der Waals surface area (Å²) < 4.78 is 6.75. The fourth-order valence-corrected chi connectivity index (χ4v) is 2.94.